The Kier molecular flexibility index (Phi) is 10.9. The van der Waals surface area contributed by atoms with Crippen molar-refractivity contribution in [2.45, 2.75) is 19.4 Å². The summed E-state index contributed by atoms with van der Waals surface area (Å²) in [7, 11) is 5.25. The van der Waals surface area contributed by atoms with Gasteiger partial charge in [0, 0.05) is 44.8 Å². The minimum Gasteiger partial charge on any atom is -0.356 e. The fourth-order valence-corrected chi connectivity index (χ4v) is 2.85. The summed E-state index contributed by atoms with van der Waals surface area (Å²) in [6, 6.07) is 15.5. The molecule has 2 aromatic carbocycles. The van der Waals surface area contributed by atoms with Crippen LogP contribution in [-0.2, 0) is 13.0 Å². The molecule has 0 radical (unpaired) electrons. The first-order valence-corrected chi connectivity index (χ1v) is 9.37. The van der Waals surface area contributed by atoms with Crippen LogP contribution in [0.5, 0.6) is 0 Å². The van der Waals surface area contributed by atoms with Crippen molar-refractivity contribution in [3.8, 4) is 0 Å². The fraction of sp³-hybridized carbons (Fsp3) is 0.333. The quantitative estimate of drug-likeness (QED) is 0.255. The number of aliphatic imine (C=N–C) groups is 1. The van der Waals surface area contributed by atoms with E-state index in [0.29, 0.717) is 12.1 Å². The largest absolute Gasteiger partial charge is 0.356 e. The monoisotopic (exact) mass is 514 g/mol. The Morgan fingerprint density at radius 3 is 2.36 bits per heavy atom. The van der Waals surface area contributed by atoms with Gasteiger partial charge in [-0.2, -0.15) is 0 Å². The highest BCUT2D eigenvalue weighted by atomic mass is 127. The second-order valence-electron chi connectivity index (χ2n) is 6.44. The van der Waals surface area contributed by atoms with Crippen molar-refractivity contribution in [1.82, 2.24) is 15.5 Å². The van der Waals surface area contributed by atoms with E-state index in [1.54, 1.807) is 26.0 Å². The van der Waals surface area contributed by atoms with Crippen molar-refractivity contribution in [1.29, 1.82) is 0 Å². The molecule has 2 rings (SSSR count). The van der Waals surface area contributed by atoms with Gasteiger partial charge < -0.3 is 15.5 Å². The standard InChI is InChI=1S/C21H27ClN4O.HI/c1-23-21(24-14-6-8-17-7-4-5-9-19(17)22)25-15-16-10-12-18(13-11-16)20(27)26(2)3;/h4-5,7,9-13H,6,8,14-15H2,1-3H3,(H2,23,24,25);1H. The molecule has 0 saturated heterocycles. The van der Waals surface area contributed by atoms with Gasteiger partial charge in [-0.1, -0.05) is 41.9 Å². The van der Waals surface area contributed by atoms with Gasteiger partial charge in [-0.25, -0.2) is 0 Å². The molecule has 0 aliphatic rings. The van der Waals surface area contributed by atoms with Crippen molar-refractivity contribution in [3.05, 3.63) is 70.2 Å². The third-order valence-electron chi connectivity index (χ3n) is 4.16. The number of halogens is 2. The number of hydrogen-bond acceptors (Lipinski definition) is 2. The Balaban J connectivity index is 0.00000392. The first-order valence-electron chi connectivity index (χ1n) is 8.99. The molecule has 0 fully saturated rings. The average molecular weight is 515 g/mol. The van der Waals surface area contributed by atoms with Crippen LogP contribution in [0.1, 0.15) is 27.9 Å². The van der Waals surface area contributed by atoms with Crippen molar-refractivity contribution < 1.29 is 4.79 Å². The maximum atomic E-state index is 11.9. The number of hydrogen-bond donors (Lipinski definition) is 2. The molecule has 7 heteroatoms. The third kappa shape index (κ3) is 7.67. The van der Waals surface area contributed by atoms with Crippen molar-refractivity contribution in [3.63, 3.8) is 0 Å². The van der Waals surface area contributed by atoms with Gasteiger partial charge in [-0.15, -0.1) is 24.0 Å². The van der Waals surface area contributed by atoms with Gasteiger partial charge in [0.2, 0.25) is 0 Å². The predicted octanol–water partition coefficient (Wildman–Crippen LogP) is 3.96. The van der Waals surface area contributed by atoms with E-state index >= 15 is 0 Å². The number of nitrogens with zero attached hydrogens (tertiary/aromatic N) is 2. The van der Waals surface area contributed by atoms with E-state index < -0.39 is 0 Å². The molecule has 0 unspecified atom stereocenters. The minimum atomic E-state index is 0. The number of amides is 1. The van der Waals surface area contributed by atoms with Gasteiger partial charge >= 0.3 is 0 Å². The van der Waals surface area contributed by atoms with Crippen LogP contribution >= 0.6 is 35.6 Å². The maximum Gasteiger partial charge on any atom is 0.253 e. The molecule has 0 aromatic heterocycles. The highest BCUT2D eigenvalue weighted by molar-refractivity contribution is 14.0. The number of guanidine groups is 1. The molecule has 0 bridgehead atoms. The summed E-state index contributed by atoms with van der Waals surface area (Å²) >= 11 is 6.18. The molecule has 1 amide bonds. The highest BCUT2D eigenvalue weighted by Gasteiger charge is 2.07. The molecule has 152 valence electrons. The Labute approximate surface area is 189 Å². The van der Waals surface area contributed by atoms with E-state index in [9.17, 15) is 4.79 Å². The summed E-state index contributed by atoms with van der Waals surface area (Å²) in [5.41, 5.74) is 2.94. The molecular weight excluding hydrogens is 487 g/mol. The minimum absolute atomic E-state index is 0. The van der Waals surface area contributed by atoms with E-state index in [0.717, 1.165) is 41.5 Å². The van der Waals surface area contributed by atoms with Gasteiger partial charge in [-0.3, -0.25) is 9.79 Å². The lowest BCUT2D eigenvalue weighted by molar-refractivity contribution is 0.0827. The van der Waals surface area contributed by atoms with Crippen molar-refractivity contribution in [2.24, 2.45) is 4.99 Å². The van der Waals surface area contributed by atoms with E-state index in [-0.39, 0.29) is 29.9 Å². The van der Waals surface area contributed by atoms with Crippen LogP contribution in [0.25, 0.3) is 0 Å². The zero-order valence-electron chi connectivity index (χ0n) is 16.5. The SMILES string of the molecule is CN=C(NCCCc1ccccc1Cl)NCc1ccc(C(=O)N(C)C)cc1.I. The van der Waals surface area contributed by atoms with E-state index in [2.05, 4.69) is 21.7 Å². The Bertz CT molecular complexity index is 778. The summed E-state index contributed by atoms with van der Waals surface area (Å²) in [5.74, 6) is 0.758. The normalized spacial score (nSPS) is 10.8. The Morgan fingerprint density at radius 2 is 1.75 bits per heavy atom. The first kappa shape index (κ1) is 24.2. The van der Waals surface area contributed by atoms with Crippen LogP contribution in [0.3, 0.4) is 0 Å². The van der Waals surface area contributed by atoms with E-state index in [1.807, 2.05) is 42.5 Å². The lowest BCUT2D eigenvalue weighted by Gasteiger charge is -2.13. The van der Waals surface area contributed by atoms with Crippen LogP contribution in [0.15, 0.2) is 53.5 Å². The van der Waals surface area contributed by atoms with Gasteiger partial charge in [0.05, 0.1) is 0 Å². The molecule has 0 saturated carbocycles. The van der Waals surface area contributed by atoms with Crippen LogP contribution in [0, 0.1) is 0 Å². The lowest BCUT2D eigenvalue weighted by atomic mass is 10.1. The van der Waals surface area contributed by atoms with Crippen LogP contribution in [-0.4, -0.2) is 44.5 Å². The zero-order valence-corrected chi connectivity index (χ0v) is 19.6. The van der Waals surface area contributed by atoms with Gasteiger partial charge in [0.1, 0.15) is 0 Å². The summed E-state index contributed by atoms with van der Waals surface area (Å²) in [6.07, 6.45) is 1.89. The van der Waals surface area contributed by atoms with Gasteiger partial charge in [0.15, 0.2) is 5.96 Å². The first-order chi connectivity index (χ1) is 13.0. The van der Waals surface area contributed by atoms with Crippen LogP contribution < -0.4 is 10.6 Å². The highest BCUT2D eigenvalue weighted by Crippen LogP contribution is 2.16. The van der Waals surface area contributed by atoms with Gasteiger partial charge in [0.25, 0.3) is 5.91 Å². The fourth-order valence-electron chi connectivity index (χ4n) is 2.62. The smallest absolute Gasteiger partial charge is 0.253 e. The summed E-state index contributed by atoms with van der Waals surface area (Å²) < 4.78 is 0. The van der Waals surface area contributed by atoms with Gasteiger partial charge in [-0.05, 0) is 42.2 Å². The Morgan fingerprint density at radius 1 is 1.07 bits per heavy atom. The second-order valence-corrected chi connectivity index (χ2v) is 6.85. The lowest BCUT2D eigenvalue weighted by Crippen LogP contribution is -2.37. The summed E-state index contributed by atoms with van der Waals surface area (Å²) in [6.45, 7) is 1.45. The molecule has 2 N–H and O–H groups in total. The maximum absolute atomic E-state index is 11.9. The molecule has 0 aliphatic carbocycles. The molecule has 0 heterocycles. The third-order valence-corrected chi connectivity index (χ3v) is 4.53. The summed E-state index contributed by atoms with van der Waals surface area (Å²) in [4.78, 5) is 17.7. The van der Waals surface area contributed by atoms with E-state index in [1.165, 1.54) is 0 Å². The predicted molar refractivity (Wildman–Crippen MR) is 128 cm³/mol. The molecule has 2 aromatic rings. The molecule has 0 spiro atoms. The molecule has 28 heavy (non-hydrogen) atoms. The number of nitrogens with one attached hydrogen (secondary N) is 2. The average Bonchev–Trinajstić information content (AvgIpc) is 2.68. The second kappa shape index (κ2) is 12.6. The number of aryl methyl sites for hydroxylation is 1. The topological polar surface area (TPSA) is 56.7 Å². The number of carbonyl (C=O) groups is 1. The zero-order chi connectivity index (χ0) is 19.6. The van der Waals surface area contributed by atoms with Crippen LogP contribution in [0.2, 0.25) is 5.02 Å². The molecular formula is C21H28ClIN4O. The number of rotatable bonds is 7. The molecule has 0 aliphatic heterocycles. The summed E-state index contributed by atoms with van der Waals surface area (Å²) in [5, 5.41) is 7.41. The molecule has 5 nitrogen and oxygen atoms in total. The van der Waals surface area contributed by atoms with E-state index in [4.69, 9.17) is 11.6 Å². The number of benzene rings is 2. The van der Waals surface area contributed by atoms with Crippen LogP contribution in [0.4, 0.5) is 0 Å². The van der Waals surface area contributed by atoms with Crippen molar-refractivity contribution in [2.75, 3.05) is 27.7 Å². The Hall–Kier alpha value is -1.80. The van der Waals surface area contributed by atoms with Crippen molar-refractivity contribution >= 4 is 47.4 Å². The molecule has 0 atom stereocenters. The number of carbonyl (C=O) groups excluding carboxylic acids is 1.